The average Bonchev–Trinajstić information content (AvgIpc) is 2.24. The molecule has 18 heavy (non-hydrogen) atoms. The quantitative estimate of drug-likeness (QED) is 0.708. The highest BCUT2D eigenvalue weighted by atomic mass is 32.2. The zero-order valence-corrected chi connectivity index (χ0v) is 11.2. The molecule has 100 valence electrons. The molecule has 1 heterocycles. The van der Waals surface area contributed by atoms with Gasteiger partial charge >= 0.3 is 0 Å². The number of benzene rings is 1. The van der Waals surface area contributed by atoms with E-state index in [9.17, 15) is 13.0 Å². The maximum absolute atomic E-state index is 11.4. The summed E-state index contributed by atoms with van der Waals surface area (Å²) in [6.07, 6.45) is 0.700. The summed E-state index contributed by atoms with van der Waals surface area (Å²) >= 11 is 0. The average molecular weight is 271 g/mol. The minimum atomic E-state index is -4.29. The lowest BCUT2D eigenvalue weighted by molar-refractivity contribution is 0.281. The smallest absolute Gasteiger partial charge is 0.296 e. The summed E-state index contributed by atoms with van der Waals surface area (Å²) in [5.74, 6) is 0. The van der Waals surface area contributed by atoms with Crippen molar-refractivity contribution in [2.75, 3.05) is 11.9 Å². The lowest BCUT2D eigenvalue weighted by Crippen LogP contribution is -2.31. The van der Waals surface area contributed by atoms with Crippen molar-refractivity contribution in [2.45, 2.75) is 31.8 Å². The molecule has 0 saturated carbocycles. The molecule has 0 unspecified atom stereocenters. The van der Waals surface area contributed by atoms with Crippen molar-refractivity contribution in [1.29, 1.82) is 0 Å². The van der Waals surface area contributed by atoms with Gasteiger partial charge in [-0.15, -0.1) is 0 Å². The molecular formula is C12H17NO4S. The number of hydrogen-bond donors (Lipinski definition) is 3. The van der Waals surface area contributed by atoms with E-state index in [4.69, 9.17) is 5.11 Å². The molecule has 0 atom stereocenters. The summed E-state index contributed by atoms with van der Waals surface area (Å²) in [5.41, 5.74) is 1.76. The van der Waals surface area contributed by atoms with Gasteiger partial charge in [0.05, 0.1) is 12.3 Å². The molecule has 1 aromatic carbocycles. The van der Waals surface area contributed by atoms with Crippen molar-refractivity contribution in [2.24, 2.45) is 5.41 Å². The van der Waals surface area contributed by atoms with Crippen LogP contribution in [0.2, 0.25) is 0 Å². The highest BCUT2D eigenvalue weighted by Crippen LogP contribution is 2.37. The Morgan fingerprint density at radius 3 is 2.61 bits per heavy atom. The predicted octanol–water partition coefficient (Wildman–Crippen LogP) is 1.42. The fourth-order valence-electron chi connectivity index (χ4n) is 2.28. The van der Waals surface area contributed by atoms with E-state index in [0.717, 1.165) is 5.56 Å². The van der Waals surface area contributed by atoms with Crippen LogP contribution in [-0.2, 0) is 23.1 Å². The second-order valence-electron chi connectivity index (χ2n) is 5.46. The molecule has 3 N–H and O–H groups in total. The van der Waals surface area contributed by atoms with E-state index in [0.29, 0.717) is 24.2 Å². The summed E-state index contributed by atoms with van der Waals surface area (Å²) in [6, 6.07) is 3.08. The third-order valence-corrected chi connectivity index (χ3v) is 3.99. The van der Waals surface area contributed by atoms with Crippen molar-refractivity contribution < 1.29 is 18.1 Å². The van der Waals surface area contributed by atoms with Crippen molar-refractivity contribution in [3.63, 3.8) is 0 Å². The van der Waals surface area contributed by atoms with Crippen molar-refractivity contribution in [3.8, 4) is 0 Å². The molecule has 0 bridgehead atoms. The first kappa shape index (κ1) is 13.3. The molecule has 0 aliphatic carbocycles. The van der Waals surface area contributed by atoms with E-state index in [1.165, 1.54) is 6.07 Å². The number of aliphatic hydroxyl groups is 1. The summed E-state index contributed by atoms with van der Waals surface area (Å²) in [4.78, 5) is -0.153. The van der Waals surface area contributed by atoms with Crippen LogP contribution in [0.5, 0.6) is 0 Å². The maximum Gasteiger partial charge on any atom is 0.296 e. The van der Waals surface area contributed by atoms with Crippen molar-refractivity contribution in [1.82, 2.24) is 0 Å². The van der Waals surface area contributed by atoms with Crippen LogP contribution in [0.3, 0.4) is 0 Å². The fraction of sp³-hybridized carbons (Fsp3) is 0.500. The van der Waals surface area contributed by atoms with Gasteiger partial charge in [-0.2, -0.15) is 8.42 Å². The van der Waals surface area contributed by atoms with Gasteiger partial charge in [0.15, 0.2) is 0 Å². The van der Waals surface area contributed by atoms with E-state index in [2.05, 4.69) is 19.2 Å². The highest BCUT2D eigenvalue weighted by molar-refractivity contribution is 7.86. The number of nitrogens with one attached hydrogen (secondary N) is 1. The van der Waals surface area contributed by atoms with Gasteiger partial charge in [0, 0.05) is 6.54 Å². The Morgan fingerprint density at radius 2 is 2.06 bits per heavy atom. The Morgan fingerprint density at radius 1 is 1.39 bits per heavy atom. The number of aliphatic hydroxyl groups excluding tert-OH is 1. The number of hydrogen-bond acceptors (Lipinski definition) is 4. The van der Waals surface area contributed by atoms with Crippen molar-refractivity contribution >= 4 is 15.8 Å². The van der Waals surface area contributed by atoms with Gasteiger partial charge in [-0.25, -0.2) is 0 Å². The molecule has 0 spiro atoms. The monoisotopic (exact) mass is 271 g/mol. The standard InChI is InChI=1S/C12H17NO4S/c1-12(2)5-9-3-8(6-14)4-10(18(15,16)17)11(9)13-7-12/h3-4,13-14H,5-7H2,1-2H3,(H,15,16,17). The maximum atomic E-state index is 11.4. The molecule has 0 saturated heterocycles. The second-order valence-corrected chi connectivity index (χ2v) is 6.85. The van der Waals surface area contributed by atoms with Gasteiger partial charge in [-0.3, -0.25) is 4.55 Å². The van der Waals surface area contributed by atoms with Crippen LogP contribution >= 0.6 is 0 Å². The minimum absolute atomic E-state index is 0.0115. The van der Waals surface area contributed by atoms with Crippen LogP contribution in [0.1, 0.15) is 25.0 Å². The van der Waals surface area contributed by atoms with Gasteiger partial charge in [0.25, 0.3) is 10.1 Å². The van der Waals surface area contributed by atoms with Gasteiger partial charge in [0.2, 0.25) is 0 Å². The summed E-state index contributed by atoms with van der Waals surface area (Å²) < 4.78 is 32.0. The van der Waals surface area contributed by atoms with Gasteiger partial charge in [0.1, 0.15) is 4.90 Å². The first-order valence-electron chi connectivity index (χ1n) is 5.71. The molecule has 5 nitrogen and oxygen atoms in total. The van der Waals surface area contributed by atoms with E-state index in [1.807, 2.05) is 0 Å². The first-order chi connectivity index (χ1) is 8.23. The molecule has 1 aliphatic rings. The summed E-state index contributed by atoms with van der Waals surface area (Å²) in [5, 5.41) is 12.2. The Kier molecular flexibility index (Phi) is 3.12. The Hall–Kier alpha value is -1.11. The Labute approximate surface area is 107 Å². The van der Waals surface area contributed by atoms with Crippen LogP contribution < -0.4 is 5.32 Å². The second kappa shape index (κ2) is 4.22. The number of anilines is 1. The molecule has 0 radical (unpaired) electrons. The van der Waals surface area contributed by atoms with Gasteiger partial charge in [-0.05, 0) is 29.0 Å². The number of rotatable bonds is 2. The molecule has 6 heteroatoms. The van der Waals surface area contributed by atoms with E-state index < -0.39 is 10.1 Å². The fourth-order valence-corrected chi connectivity index (χ4v) is 3.04. The molecule has 0 fully saturated rings. The van der Waals surface area contributed by atoms with Crippen LogP contribution in [-0.4, -0.2) is 24.6 Å². The van der Waals surface area contributed by atoms with E-state index in [1.54, 1.807) is 6.07 Å². The zero-order chi connectivity index (χ0) is 13.6. The minimum Gasteiger partial charge on any atom is -0.392 e. The summed E-state index contributed by atoms with van der Waals surface area (Å²) in [6.45, 7) is 4.53. The topological polar surface area (TPSA) is 86.6 Å². The lowest BCUT2D eigenvalue weighted by atomic mass is 9.82. The largest absolute Gasteiger partial charge is 0.392 e. The molecule has 2 rings (SSSR count). The zero-order valence-electron chi connectivity index (χ0n) is 10.4. The Balaban J connectivity index is 2.63. The molecular weight excluding hydrogens is 254 g/mol. The number of fused-ring (bicyclic) bond motifs is 1. The van der Waals surface area contributed by atoms with Gasteiger partial charge in [-0.1, -0.05) is 19.9 Å². The van der Waals surface area contributed by atoms with Crippen LogP contribution in [0, 0.1) is 5.41 Å². The summed E-state index contributed by atoms with van der Waals surface area (Å²) in [7, 11) is -4.29. The van der Waals surface area contributed by atoms with Gasteiger partial charge < -0.3 is 10.4 Å². The first-order valence-corrected chi connectivity index (χ1v) is 7.15. The molecule has 1 aromatic rings. The van der Waals surface area contributed by atoms with Crippen LogP contribution in [0.15, 0.2) is 17.0 Å². The van der Waals surface area contributed by atoms with Crippen molar-refractivity contribution in [3.05, 3.63) is 23.3 Å². The Bertz CT molecular complexity index is 578. The van der Waals surface area contributed by atoms with E-state index in [-0.39, 0.29) is 16.9 Å². The molecule has 0 aromatic heterocycles. The third-order valence-electron chi connectivity index (χ3n) is 3.12. The lowest BCUT2D eigenvalue weighted by Gasteiger charge is -2.33. The highest BCUT2D eigenvalue weighted by Gasteiger charge is 2.29. The normalized spacial score (nSPS) is 18.0. The predicted molar refractivity (Wildman–Crippen MR) is 68.2 cm³/mol. The van der Waals surface area contributed by atoms with Crippen LogP contribution in [0.4, 0.5) is 5.69 Å². The third kappa shape index (κ3) is 2.50. The SMILES string of the molecule is CC1(C)CNc2c(cc(CO)cc2S(=O)(=O)O)C1. The molecule has 0 amide bonds. The molecule has 1 aliphatic heterocycles. The van der Waals surface area contributed by atoms with E-state index >= 15 is 0 Å². The van der Waals surface area contributed by atoms with Crippen LogP contribution in [0.25, 0.3) is 0 Å².